The molecule has 118 valence electrons. The molecule has 2 heterocycles. The molecule has 0 aliphatic carbocycles. The second-order valence-corrected chi connectivity index (χ2v) is 6.02. The Balaban J connectivity index is 1.95. The van der Waals surface area contributed by atoms with Crippen LogP contribution in [0.2, 0.25) is 0 Å². The Morgan fingerprint density at radius 3 is 2.48 bits per heavy atom. The third kappa shape index (κ3) is 3.09. The first-order valence-corrected chi connectivity index (χ1v) is 8.13. The van der Waals surface area contributed by atoms with Crippen molar-refractivity contribution in [2.24, 2.45) is 0 Å². The number of thioether (sulfide) groups is 1. The zero-order valence-electron chi connectivity index (χ0n) is 12.3. The van der Waals surface area contributed by atoms with Crippen molar-refractivity contribution in [2.75, 3.05) is 12.4 Å². The van der Waals surface area contributed by atoms with E-state index in [2.05, 4.69) is 0 Å². The summed E-state index contributed by atoms with van der Waals surface area (Å²) < 4.78 is 5.24. The van der Waals surface area contributed by atoms with Crippen LogP contribution in [0, 0.1) is 0 Å². The van der Waals surface area contributed by atoms with E-state index in [0.29, 0.717) is 27.6 Å². The zero-order chi connectivity index (χ0) is 16.2. The summed E-state index contributed by atoms with van der Waals surface area (Å²) in [6.45, 7) is 0.0417. The molecule has 0 atom stereocenters. The highest BCUT2D eigenvalue weighted by Crippen LogP contribution is 2.36. The molecule has 3 rings (SSSR count). The summed E-state index contributed by atoms with van der Waals surface area (Å²) >= 11 is 1.20. The van der Waals surface area contributed by atoms with Crippen LogP contribution in [0.25, 0.3) is 5.57 Å². The van der Waals surface area contributed by atoms with E-state index in [0.717, 1.165) is 0 Å². The number of rotatable bonds is 6. The minimum absolute atomic E-state index is 0.0596. The van der Waals surface area contributed by atoms with E-state index in [1.807, 2.05) is 18.2 Å². The number of hydrogen-bond donors (Lipinski definition) is 1. The van der Waals surface area contributed by atoms with Crippen LogP contribution in [-0.4, -0.2) is 34.2 Å². The molecule has 1 N–H and O–H groups in total. The highest BCUT2D eigenvalue weighted by atomic mass is 32.2. The van der Waals surface area contributed by atoms with Crippen molar-refractivity contribution in [1.29, 1.82) is 0 Å². The summed E-state index contributed by atoms with van der Waals surface area (Å²) in [5.41, 5.74) is 1.09. The summed E-state index contributed by atoms with van der Waals surface area (Å²) in [5.74, 6) is 0.230. The molecule has 1 aliphatic heterocycles. The van der Waals surface area contributed by atoms with Crippen molar-refractivity contribution in [3.63, 3.8) is 0 Å². The van der Waals surface area contributed by atoms with Gasteiger partial charge >= 0.3 is 0 Å². The predicted molar refractivity (Wildman–Crippen MR) is 87.2 cm³/mol. The fourth-order valence-electron chi connectivity index (χ4n) is 2.40. The first-order valence-electron chi connectivity index (χ1n) is 7.14. The largest absolute Gasteiger partial charge is 0.467 e. The molecule has 0 saturated carbocycles. The van der Waals surface area contributed by atoms with Gasteiger partial charge in [-0.05, 0) is 17.7 Å². The number of aliphatic hydroxyl groups excluding tert-OH is 1. The first-order chi connectivity index (χ1) is 11.2. The maximum absolute atomic E-state index is 12.7. The minimum atomic E-state index is -0.344. The second-order valence-electron chi connectivity index (χ2n) is 4.92. The number of nitrogens with zero attached hydrogens (tertiary/aromatic N) is 1. The topological polar surface area (TPSA) is 70.8 Å². The van der Waals surface area contributed by atoms with Crippen molar-refractivity contribution in [3.8, 4) is 0 Å². The molecule has 5 nitrogen and oxygen atoms in total. The molecule has 0 radical (unpaired) electrons. The number of benzene rings is 1. The van der Waals surface area contributed by atoms with Gasteiger partial charge in [-0.15, -0.1) is 11.8 Å². The van der Waals surface area contributed by atoms with E-state index in [4.69, 9.17) is 9.52 Å². The Morgan fingerprint density at radius 1 is 1.04 bits per heavy atom. The third-order valence-electron chi connectivity index (χ3n) is 3.42. The lowest BCUT2D eigenvalue weighted by molar-refractivity contribution is -0.137. The average Bonchev–Trinajstić information content (AvgIpc) is 3.16. The highest BCUT2D eigenvalue weighted by Gasteiger charge is 2.39. The molecule has 1 aromatic heterocycles. The smallest absolute Gasteiger partial charge is 0.268 e. The number of hydrogen-bond acceptors (Lipinski definition) is 5. The van der Waals surface area contributed by atoms with Gasteiger partial charge < -0.3 is 9.52 Å². The second kappa shape index (κ2) is 6.85. The van der Waals surface area contributed by atoms with Crippen LogP contribution in [0.15, 0.2) is 58.1 Å². The standard InChI is InChI=1S/C17H15NO4S/c19-8-10-23-15-14(12-5-2-1-3-6-12)16(20)18(17(15)21)11-13-7-4-9-22-13/h1-7,9,19H,8,10-11H2. The molecule has 2 amide bonds. The summed E-state index contributed by atoms with van der Waals surface area (Å²) in [4.78, 5) is 26.9. The summed E-state index contributed by atoms with van der Waals surface area (Å²) in [7, 11) is 0. The fourth-order valence-corrected chi connectivity index (χ4v) is 3.28. The van der Waals surface area contributed by atoms with Crippen LogP contribution in [0.1, 0.15) is 11.3 Å². The lowest BCUT2D eigenvalue weighted by atomic mass is 10.1. The zero-order valence-corrected chi connectivity index (χ0v) is 13.1. The van der Waals surface area contributed by atoms with Gasteiger partial charge in [0.1, 0.15) is 5.76 Å². The summed E-state index contributed by atoms with van der Waals surface area (Å²) in [5, 5.41) is 9.04. The Morgan fingerprint density at radius 2 is 1.83 bits per heavy atom. The van der Waals surface area contributed by atoms with Gasteiger partial charge in [-0.3, -0.25) is 14.5 Å². The van der Waals surface area contributed by atoms with Crippen molar-refractivity contribution < 1.29 is 19.1 Å². The highest BCUT2D eigenvalue weighted by molar-refractivity contribution is 8.04. The van der Waals surface area contributed by atoms with Crippen LogP contribution in [0.4, 0.5) is 0 Å². The van der Waals surface area contributed by atoms with Crippen molar-refractivity contribution >= 4 is 29.1 Å². The van der Waals surface area contributed by atoms with E-state index >= 15 is 0 Å². The van der Waals surface area contributed by atoms with Crippen LogP contribution in [0.5, 0.6) is 0 Å². The molecule has 6 heteroatoms. The van der Waals surface area contributed by atoms with Gasteiger partial charge in [0.05, 0.1) is 29.9 Å². The lowest BCUT2D eigenvalue weighted by Gasteiger charge is -2.13. The Kier molecular flexibility index (Phi) is 4.64. The van der Waals surface area contributed by atoms with E-state index in [1.165, 1.54) is 22.9 Å². The molecule has 0 spiro atoms. The Hall–Kier alpha value is -2.31. The van der Waals surface area contributed by atoms with Gasteiger partial charge in [0.2, 0.25) is 0 Å². The number of imide groups is 1. The summed E-state index contributed by atoms with van der Waals surface area (Å²) in [6, 6.07) is 12.5. The maximum atomic E-state index is 12.7. The molecule has 1 aromatic carbocycles. The van der Waals surface area contributed by atoms with Crippen LogP contribution < -0.4 is 0 Å². The van der Waals surface area contributed by atoms with Crippen molar-refractivity contribution in [3.05, 3.63) is 65.0 Å². The molecular formula is C17H15NO4S. The number of furan rings is 1. The first kappa shape index (κ1) is 15.6. The molecule has 23 heavy (non-hydrogen) atoms. The van der Waals surface area contributed by atoms with Crippen LogP contribution in [-0.2, 0) is 16.1 Å². The van der Waals surface area contributed by atoms with E-state index in [1.54, 1.807) is 24.3 Å². The normalized spacial score (nSPS) is 14.9. The van der Waals surface area contributed by atoms with Crippen molar-refractivity contribution in [1.82, 2.24) is 4.90 Å². The SMILES string of the molecule is O=C1C(SCCO)=C(c2ccccc2)C(=O)N1Cc1ccco1. The average molecular weight is 329 g/mol. The van der Waals surface area contributed by atoms with Gasteiger partial charge in [-0.1, -0.05) is 30.3 Å². The van der Waals surface area contributed by atoms with E-state index in [9.17, 15) is 9.59 Å². The van der Waals surface area contributed by atoms with Crippen LogP contribution in [0.3, 0.4) is 0 Å². The number of carbonyl (C=O) groups is 2. The van der Waals surface area contributed by atoms with E-state index < -0.39 is 0 Å². The number of aliphatic hydroxyl groups is 1. The summed E-state index contributed by atoms with van der Waals surface area (Å²) in [6.07, 6.45) is 1.51. The predicted octanol–water partition coefficient (Wildman–Crippen LogP) is 2.29. The van der Waals surface area contributed by atoms with E-state index in [-0.39, 0.29) is 25.0 Å². The molecule has 2 aromatic rings. The molecule has 0 unspecified atom stereocenters. The minimum Gasteiger partial charge on any atom is -0.467 e. The van der Waals surface area contributed by atoms with Gasteiger partial charge in [0.25, 0.3) is 11.8 Å². The van der Waals surface area contributed by atoms with Gasteiger partial charge in [0, 0.05) is 5.75 Å². The Bertz CT molecular complexity index is 737. The van der Waals surface area contributed by atoms with Crippen LogP contribution >= 0.6 is 11.8 Å². The number of amides is 2. The monoisotopic (exact) mass is 329 g/mol. The Labute approximate surface area is 137 Å². The molecular weight excluding hydrogens is 314 g/mol. The van der Waals surface area contributed by atoms with Gasteiger partial charge in [0.15, 0.2) is 0 Å². The molecule has 1 aliphatic rings. The maximum Gasteiger partial charge on any atom is 0.268 e. The van der Waals surface area contributed by atoms with Gasteiger partial charge in [-0.2, -0.15) is 0 Å². The molecule has 0 fully saturated rings. The fraction of sp³-hybridized carbons (Fsp3) is 0.176. The lowest BCUT2D eigenvalue weighted by Crippen LogP contribution is -2.30. The number of carbonyl (C=O) groups excluding carboxylic acids is 2. The van der Waals surface area contributed by atoms with Crippen molar-refractivity contribution in [2.45, 2.75) is 6.54 Å². The van der Waals surface area contributed by atoms with Gasteiger partial charge in [-0.25, -0.2) is 0 Å². The molecule has 0 saturated heterocycles. The third-order valence-corrected chi connectivity index (χ3v) is 4.47. The molecule has 0 bridgehead atoms. The quantitative estimate of drug-likeness (QED) is 0.823.